The van der Waals surface area contributed by atoms with Gasteiger partial charge < -0.3 is 20.1 Å². The Balaban J connectivity index is 2.19. The molecule has 0 amide bonds. The van der Waals surface area contributed by atoms with Crippen molar-refractivity contribution in [3.05, 3.63) is 24.3 Å². The van der Waals surface area contributed by atoms with Gasteiger partial charge in [0.25, 0.3) is 0 Å². The molecule has 0 saturated carbocycles. The number of nitrogens with zero attached hydrogens (tertiary/aromatic N) is 2. The van der Waals surface area contributed by atoms with Crippen LogP contribution in [-0.2, 0) is 4.74 Å². The van der Waals surface area contributed by atoms with E-state index >= 15 is 0 Å². The van der Waals surface area contributed by atoms with Crippen LogP contribution in [-0.4, -0.2) is 50.2 Å². The standard InChI is InChI=1S/C9H12N2O4/c12-4-5-6(13)7(14)8(15-5)9-10-2-1-3-11-9/h1-3,5-8,12-14H,4H2/t5-,6+,7-,8?/m1/s1. The van der Waals surface area contributed by atoms with Crippen molar-refractivity contribution < 1.29 is 20.1 Å². The molecule has 1 aliphatic heterocycles. The molecule has 0 bridgehead atoms. The second kappa shape index (κ2) is 4.19. The van der Waals surface area contributed by atoms with Gasteiger partial charge in [-0.15, -0.1) is 0 Å². The third kappa shape index (κ3) is 1.84. The smallest absolute Gasteiger partial charge is 0.159 e. The van der Waals surface area contributed by atoms with Crippen molar-refractivity contribution in [2.24, 2.45) is 0 Å². The number of hydrogen-bond acceptors (Lipinski definition) is 6. The molecular formula is C9H12N2O4. The van der Waals surface area contributed by atoms with E-state index in [9.17, 15) is 10.2 Å². The van der Waals surface area contributed by atoms with Gasteiger partial charge in [-0.2, -0.15) is 0 Å². The third-order valence-corrected chi connectivity index (χ3v) is 2.38. The monoisotopic (exact) mass is 212 g/mol. The van der Waals surface area contributed by atoms with Crippen molar-refractivity contribution in [1.29, 1.82) is 0 Å². The van der Waals surface area contributed by atoms with Gasteiger partial charge in [0, 0.05) is 12.4 Å². The molecule has 1 fully saturated rings. The van der Waals surface area contributed by atoms with Crippen LogP contribution in [0, 0.1) is 0 Å². The predicted molar refractivity (Wildman–Crippen MR) is 48.7 cm³/mol. The number of rotatable bonds is 2. The molecule has 6 heteroatoms. The van der Waals surface area contributed by atoms with E-state index in [1.54, 1.807) is 6.07 Å². The Kier molecular flexibility index (Phi) is 2.92. The molecular weight excluding hydrogens is 200 g/mol. The average Bonchev–Trinajstić information content (AvgIpc) is 2.57. The average molecular weight is 212 g/mol. The molecule has 0 radical (unpaired) electrons. The zero-order chi connectivity index (χ0) is 10.8. The van der Waals surface area contributed by atoms with Gasteiger partial charge in [-0.05, 0) is 6.07 Å². The summed E-state index contributed by atoms with van der Waals surface area (Å²) in [5, 5.41) is 28.0. The topological polar surface area (TPSA) is 95.7 Å². The fraction of sp³-hybridized carbons (Fsp3) is 0.556. The first-order chi connectivity index (χ1) is 7.24. The second-order valence-electron chi connectivity index (χ2n) is 3.37. The number of aromatic nitrogens is 2. The predicted octanol–water partition coefficient (Wildman–Crippen LogP) is -1.37. The Hall–Kier alpha value is -1.08. The molecule has 2 heterocycles. The van der Waals surface area contributed by atoms with Crippen LogP contribution in [0.25, 0.3) is 0 Å². The summed E-state index contributed by atoms with van der Waals surface area (Å²) in [6, 6.07) is 1.64. The van der Waals surface area contributed by atoms with Crippen molar-refractivity contribution in [3.63, 3.8) is 0 Å². The minimum atomic E-state index is -1.11. The highest BCUT2D eigenvalue weighted by Gasteiger charge is 2.44. The van der Waals surface area contributed by atoms with Gasteiger partial charge in [-0.3, -0.25) is 0 Å². The minimum absolute atomic E-state index is 0.306. The summed E-state index contributed by atoms with van der Waals surface area (Å²) in [4.78, 5) is 7.85. The Morgan fingerprint density at radius 3 is 2.40 bits per heavy atom. The molecule has 0 spiro atoms. The fourth-order valence-electron chi connectivity index (χ4n) is 1.57. The lowest BCUT2D eigenvalue weighted by Gasteiger charge is -2.12. The number of aliphatic hydroxyl groups excluding tert-OH is 3. The third-order valence-electron chi connectivity index (χ3n) is 2.38. The van der Waals surface area contributed by atoms with E-state index in [-0.39, 0.29) is 6.61 Å². The molecule has 1 aromatic rings. The highest BCUT2D eigenvalue weighted by molar-refractivity contribution is 5.02. The van der Waals surface area contributed by atoms with E-state index in [0.29, 0.717) is 5.82 Å². The Morgan fingerprint density at radius 1 is 1.20 bits per heavy atom. The maximum absolute atomic E-state index is 9.65. The molecule has 1 saturated heterocycles. The first-order valence-electron chi connectivity index (χ1n) is 4.63. The molecule has 1 aliphatic rings. The van der Waals surface area contributed by atoms with Crippen LogP contribution in [0.4, 0.5) is 0 Å². The van der Waals surface area contributed by atoms with Crippen molar-refractivity contribution in [1.82, 2.24) is 9.97 Å². The van der Waals surface area contributed by atoms with Crippen LogP contribution in [0.1, 0.15) is 11.9 Å². The number of hydrogen-bond donors (Lipinski definition) is 3. The van der Waals surface area contributed by atoms with Crippen LogP contribution in [0.5, 0.6) is 0 Å². The summed E-state index contributed by atoms with van der Waals surface area (Å²) in [6.07, 6.45) is -0.728. The summed E-state index contributed by atoms with van der Waals surface area (Å²) < 4.78 is 5.25. The highest BCUT2D eigenvalue weighted by atomic mass is 16.6. The summed E-state index contributed by atoms with van der Waals surface area (Å²) >= 11 is 0. The quantitative estimate of drug-likeness (QED) is 0.560. The molecule has 82 valence electrons. The maximum atomic E-state index is 9.65. The largest absolute Gasteiger partial charge is 0.394 e. The van der Waals surface area contributed by atoms with E-state index in [2.05, 4.69) is 9.97 Å². The number of ether oxygens (including phenoxy) is 1. The molecule has 1 aromatic heterocycles. The summed E-state index contributed by atoms with van der Waals surface area (Å²) in [7, 11) is 0. The summed E-state index contributed by atoms with van der Waals surface area (Å²) in [5.41, 5.74) is 0. The minimum Gasteiger partial charge on any atom is -0.394 e. The lowest BCUT2D eigenvalue weighted by atomic mass is 10.1. The van der Waals surface area contributed by atoms with Crippen LogP contribution in [0.2, 0.25) is 0 Å². The molecule has 15 heavy (non-hydrogen) atoms. The van der Waals surface area contributed by atoms with Gasteiger partial charge in [0.2, 0.25) is 0 Å². The van der Waals surface area contributed by atoms with Crippen LogP contribution >= 0.6 is 0 Å². The van der Waals surface area contributed by atoms with Crippen molar-refractivity contribution in [2.75, 3.05) is 6.61 Å². The first kappa shape index (κ1) is 10.4. The molecule has 0 aromatic carbocycles. The van der Waals surface area contributed by atoms with Gasteiger partial charge in [0.15, 0.2) is 5.82 Å². The van der Waals surface area contributed by atoms with Crippen molar-refractivity contribution in [2.45, 2.75) is 24.4 Å². The molecule has 3 N–H and O–H groups in total. The zero-order valence-electron chi connectivity index (χ0n) is 7.89. The van der Waals surface area contributed by atoms with Gasteiger partial charge in [-0.25, -0.2) is 9.97 Å². The summed E-state index contributed by atoms with van der Waals surface area (Å²) in [5.74, 6) is 0.306. The first-order valence-corrected chi connectivity index (χ1v) is 4.63. The normalized spacial score (nSPS) is 35.7. The van der Waals surface area contributed by atoms with E-state index < -0.39 is 24.4 Å². The molecule has 0 aliphatic carbocycles. The molecule has 2 rings (SSSR count). The zero-order valence-corrected chi connectivity index (χ0v) is 7.89. The van der Waals surface area contributed by atoms with Gasteiger partial charge in [0.1, 0.15) is 24.4 Å². The lowest BCUT2D eigenvalue weighted by Crippen LogP contribution is -2.32. The van der Waals surface area contributed by atoms with E-state index in [1.807, 2.05) is 0 Å². The van der Waals surface area contributed by atoms with E-state index in [4.69, 9.17) is 9.84 Å². The number of aliphatic hydroxyl groups is 3. The molecule has 1 unspecified atom stereocenters. The Bertz CT molecular complexity index is 321. The lowest BCUT2D eigenvalue weighted by molar-refractivity contribution is -0.0253. The van der Waals surface area contributed by atoms with Crippen LogP contribution in [0.15, 0.2) is 18.5 Å². The van der Waals surface area contributed by atoms with Crippen molar-refractivity contribution in [3.8, 4) is 0 Å². The molecule has 4 atom stereocenters. The Morgan fingerprint density at radius 2 is 1.87 bits per heavy atom. The molecule has 6 nitrogen and oxygen atoms in total. The Labute approximate surface area is 86.2 Å². The van der Waals surface area contributed by atoms with Gasteiger partial charge >= 0.3 is 0 Å². The van der Waals surface area contributed by atoms with E-state index in [0.717, 1.165) is 0 Å². The summed E-state index contributed by atoms with van der Waals surface area (Å²) in [6.45, 7) is -0.346. The van der Waals surface area contributed by atoms with Gasteiger partial charge in [0.05, 0.1) is 6.61 Å². The van der Waals surface area contributed by atoms with Crippen LogP contribution in [0.3, 0.4) is 0 Å². The maximum Gasteiger partial charge on any atom is 0.159 e. The second-order valence-corrected chi connectivity index (χ2v) is 3.37. The van der Waals surface area contributed by atoms with Crippen LogP contribution < -0.4 is 0 Å². The van der Waals surface area contributed by atoms with E-state index in [1.165, 1.54) is 12.4 Å². The highest BCUT2D eigenvalue weighted by Crippen LogP contribution is 2.31. The SMILES string of the molecule is OC[C@H]1OC(c2ncccn2)[C@H](O)[C@H]1O. The fourth-order valence-corrected chi connectivity index (χ4v) is 1.57. The van der Waals surface area contributed by atoms with Crippen molar-refractivity contribution >= 4 is 0 Å². The van der Waals surface area contributed by atoms with Gasteiger partial charge in [-0.1, -0.05) is 0 Å².